The van der Waals surface area contributed by atoms with Crippen LogP contribution in [0.15, 0.2) is 24.8 Å². The Morgan fingerprint density at radius 2 is 2.00 bits per heavy atom. The van der Waals surface area contributed by atoms with Crippen LogP contribution in [0.1, 0.15) is 0 Å². The summed E-state index contributed by atoms with van der Waals surface area (Å²) in [7, 11) is 0. The van der Waals surface area contributed by atoms with E-state index in [1.807, 2.05) is 0 Å². The molecule has 0 spiro atoms. The van der Waals surface area contributed by atoms with Gasteiger partial charge < -0.3 is 4.74 Å². The molecular formula is C7H7F3O2. The van der Waals surface area contributed by atoms with Crippen molar-refractivity contribution in [3.05, 3.63) is 24.8 Å². The molecule has 0 heterocycles. The van der Waals surface area contributed by atoms with Gasteiger partial charge in [-0.2, -0.15) is 13.2 Å². The highest BCUT2D eigenvalue weighted by Crippen LogP contribution is 2.24. The Balaban J connectivity index is 4.12. The predicted molar refractivity (Wildman–Crippen MR) is 36.4 cm³/mol. The van der Waals surface area contributed by atoms with E-state index in [0.29, 0.717) is 0 Å². The molecule has 68 valence electrons. The summed E-state index contributed by atoms with van der Waals surface area (Å²) in [5.41, 5.74) is -1.51. The lowest BCUT2D eigenvalue weighted by Crippen LogP contribution is -2.21. The maximum atomic E-state index is 11.7. The number of alkyl halides is 3. The van der Waals surface area contributed by atoms with Gasteiger partial charge in [0, 0.05) is 0 Å². The molecule has 0 amide bonds. The van der Waals surface area contributed by atoms with Crippen LogP contribution in [-0.4, -0.2) is 18.8 Å². The van der Waals surface area contributed by atoms with Gasteiger partial charge in [-0.3, -0.25) is 0 Å². The molecule has 0 aromatic rings. The zero-order chi connectivity index (χ0) is 9.78. The number of halogens is 3. The van der Waals surface area contributed by atoms with Crippen LogP contribution in [0, 0.1) is 0 Å². The SMILES string of the molecule is C=CCOC(=O)C(=C)C(F)(F)F. The molecule has 0 aliphatic rings. The maximum Gasteiger partial charge on any atom is 0.422 e. The van der Waals surface area contributed by atoms with Crippen molar-refractivity contribution in [3.63, 3.8) is 0 Å². The first kappa shape index (κ1) is 10.7. The Morgan fingerprint density at radius 1 is 1.50 bits per heavy atom. The molecule has 0 rings (SSSR count). The summed E-state index contributed by atoms with van der Waals surface area (Å²) in [6.45, 7) is 5.45. The Hall–Kier alpha value is -1.26. The fraction of sp³-hybridized carbons (Fsp3) is 0.286. The molecule has 0 radical (unpaired) electrons. The first-order chi connectivity index (χ1) is 5.39. The van der Waals surface area contributed by atoms with E-state index in [4.69, 9.17) is 0 Å². The molecule has 0 aromatic heterocycles. The Kier molecular flexibility index (Phi) is 3.53. The van der Waals surface area contributed by atoms with Gasteiger partial charge in [0.15, 0.2) is 0 Å². The minimum atomic E-state index is -4.72. The van der Waals surface area contributed by atoms with Crippen LogP contribution in [0.2, 0.25) is 0 Å². The van der Waals surface area contributed by atoms with E-state index in [-0.39, 0.29) is 6.61 Å². The molecule has 0 atom stereocenters. The van der Waals surface area contributed by atoms with Crippen LogP contribution in [0.5, 0.6) is 0 Å². The topological polar surface area (TPSA) is 26.3 Å². The van der Waals surface area contributed by atoms with E-state index in [0.717, 1.165) is 0 Å². The highest BCUT2D eigenvalue weighted by atomic mass is 19.4. The van der Waals surface area contributed by atoms with Crippen LogP contribution in [0.4, 0.5) is 13.2 Å². The first-order valence-electron chi connectivity index (χ1n) is 2.93. The third-order valence-corrected chi connectivity index (χ3v) is 0.921. The van der Waals surface area contributed by atoms with Gasteiger partial charge in [-0.05, 0) is 0 Å². The van der Waals surface area contributed by atoms with Crippen molar-refractivity contribution in [1.82, 2.24) is 0 Å². The van der Waals surface area contributed by atoms with Crippen molar-refractivity contribution in [2.75, 3.05) is 6.61 Å². The minimum Gasteiger partial charge on any atom is -0.458 e. The van der Waals surface area contributed by atoms with E-state index in [1.54, 1.807) is 0 Å². The second kappa shape index (κ2) is 3.94. The predicted octanol–water partition coefficient (Wildman–Crippen LogP) is 1.83. The number of esters is 1. The third-order valence-electron chi connectivity index (χ3n) is 0.921. The number of hydrogen-bond acceptors (Lipinski definition) is 2. The molecule has 0 saturated carbocycles. The lowest BCUT2D eigenvalue weighted by molar-refractivity contribution is -0.149. The number of ether oxygens (including phenoxy) is 1. The molecule has 0 aliphatic heterocycles. The molecule has 0 fully saturated rings. The zero-order valence-electron chi connectivity index (χ0n) is 6.15. The van der Waals surface area contributed by atoms with Crippen LogP contribution >= 0.6 is 0 Å². The number of rotatable bonds is 3. The maximum absolute atomic E-state index is 11.7. The number of hydrogen-bond donors (Lipinski definition) is 0. The number of carbonyl (C=O) groups excluding carboxylic acids is 1. The summed E-state index contributed by atoms with van der Waals surface area (Å²) in [5.74, 6) is -1.47. The van der Waals surface area contributed by atoms with Gasteiger partial charge in [0.2, 0.25) is 0 Å². The lowest BCUT2D eigenvalue weighted by Gasteiger charge is -2.07. The van der Waals surface area contributed by atoms with Crippen molar-refractivity contribution in [2.45, 2.75) is 6.18 Å². The third kappa shape index (κ3) is 3.23. The second-order valence-electron chi connectivity index (χ2n) is 1.86. The summed E-state index contributed by atoms with van der Waals surface area (Å²) >= 11 is 0. The van der Waals surface area contributed by atoms with Crippen LogP contribution in [0.25, 0.3) is 0 Å². The summed E-state index contributed by atoms with van der Waals surface area (Å²) in [6.07, 6.45) is -3.56. The molecular weight excluding hydrogens is 173 g/mol. The normalized spacial score (nSPS) is 10.6. The molecule has 0 saturated heterocycles. The summed E-state index contributed by atoms with van der Waals surface area (Å²) in [5, 5.41) is 0. The fourth-order valence-corrected chi connectivity index (χ4v) is 0.337. The van der Waals surface area contributed by atoms with Gasteiger partial charge in [-0.1, -0.05) is 19.2 Å². The fourth-order valence-electron chi connectivity index (χ4n) is 0.337. The largest absolute Gasteiger partial charge is 0.458 e. The molecule has 12 heavy (non-hydrogen) atoms. The average Bonchev–Trinajstić information content (AvgIpc) is 1.97. The molecule has 0 aromatic carbocycles. The van der Waals surface area contributed by atoms with Crippen LogP contribution < -0.4 is 0 Å². The minimum absolute atomic E-state index is 0.256. The van der Waals surface area contributed by atoms with Gasteiger partial charge in [-0.25, -0.2) is 4.79 Å². The molecule has 0 aliphatic carbocycles. The van der Waals surface area contributed by atoms with Crippen molar-refractivity contribution < 1.29 is 22.7 Å². The van der Waals surface area contributed by atoms with E-state index in [1.165, 1.54) is 6.08 Å². The Morgan fingerprint density at radius 3 is 2.33 bits per heavy atom. The highest BCUT2D eigenvalue weighted by molar-refractivity contribution is 5.89. The van der Waals surface area contributed by atoms with Crippen molar-refractivity contribution >= 4 is 5.97 Å². The van der Waals surface area contributed by atoms with Gasteiger partial charge in [-0.15, -0.1) is 0 Å². The van der Waals surface area contributed by atoms with Crippen molar-refractivity contribution in [2.24, 2.45) is 0 Å². The van der Waals surface area contributed by atoms with E-state index in [2.05, 4.69) is 17.9 Å². The zero-order valence-corrected chi connectivity index (χ0v) is 6.15. The number of carbonyl (C=O) groups is 1. The molecule has 5 heteroatoms. The monoisotopic (exact) mass is 180 g/mol. The van der Waals surface area contributed by atoms with Gasteiger partial charge in [0.1, 0.15) is 12.2 Å². The smallest absolute Gasteiger partial charge is 0.422 e. The molecule has 0 bridgehead atoms. The van der Waals surface area contributed by atoms with Gasteiger partial charge in [0.05, 0.1) is 0 Å². The standard InChI is InChI=1S/C7H7F3O2/c1-3-4-12-6(11)5(2)7(8,9)10/h3H,1-2,4H2. The first-order valence-corrected chi connectivity index (χ1v) is 2.93. The van der Waals surface area contributed by atoms with Crippen LogP contribution in [0.3, 0.4) is 0 Å². The Labute approximate surface area is 67.3 Å². The molecule has 0 N–H and O–H groups in total. The Bertz CT molecular complexity index is 205. The van der Waals surface area contributed by atoms with E-state index in [9.17, 15) is 18.0 Å². The summed E-state index contributed by atoms with van der Waals surface area (Å²) < 4.78 is 39.2. The molecule has 0 unspecified atom stereocenters. The van der Waals surface area contributed by atoms with Gasteiger partial charge >= 0.3 is 12.1 Å². The lowest BCUT2D eigenvalue weighted by atomic mass is 10.3. The van der Waals surface area contributed by atoms with E-state index >= 15 is 0 Å². The van der Waals surface area contributed by atoms with Crippen LogP contribution in [-0.2, 0) is 9.53 Å². The summed E-state index contributed by atoms with van der Waals surface area (Å²) in [6, 6.07) is 0. The van der Waals surface area contributed by atoms with Crippen molar-refractivity contribution in [3.8, 4) is 0 Å². The second-order valence-corrected chi connectivity index (χ2v) is 1.86. The average molecular weight is 180 g/mol. The van der Waals surface area contributed by atoms with Gasteiger partial charge in [0.25, 0.3) is 0 Å². The highest BCUT2D eigenvalue weighted by Gasteiger charge is 2.37. The summed E-state index contributed by atoms with van der Waals surface area (Å²) in [4.78, 5) is 10.5. The van der Waals surface area contributed by atoms with Crippen molar-refractivity contribution in [1.29, 1.82) is 0 Å². The quantitative estimate of drug-likeness (QED) is 0.376. The molecule has 2 nitrogen and oxygen atoms in total. The van der Waals surface area contributed by atoms with E-state index < -0.39 is 17.7 Å².